The van der Waals surface area contributed by atoms with Crippen molar-refractivity contribution in [2.45, 2.75) is 46.2 Å². The molecule has 2 N–H and O–H groups in total. The Bertz CT molecular complexity index is 752. The third-order valence-electron chi connectivity index (χ3n) is 3.75. The topological polar surface area (TPSA) is 57.0 Å². The van der Waals surface area contributed by atoms with Gasteiger partial charge >= 0.3 is 0 Å². The van der Waals surface area contributed by atoms with E-state index in [1.54, 1.807) is 0 Å². The first-order chi connectivity index (χ1) is 9.63. The summed E-state index contributed by atoms with van der Waals surface area (Å²) in [5.41, 5.74) is 9.32. The molecule has 0 saturated heterocycles. The van der Waals surface area contributed by atoms with Crippen LogP contribution in [0.4, 0.5) is 0 Å². The predicted octanol–water partition coefficient (Wildman–Crippen LogP) is 3.25. The van der Waals surface area contributed by atoms with Gasteiger partial charge < -0.3 is 10.2 Å². The highest BCUT2D eigenvalue weighted by Gasteiger charge is 2.15. The van der Waals surface area contributed by atoms with Crippen LogP contribution >= 0.6 is 0 Å². The fourth-order valence-electron chi connectivity index (χ4n) is 2.77. The molecule has 1 aromatic carbocycles. The Morgan fingerprint density at radius 2 is 2.05 bits per heavy atom. The number of rotatable bonds is 4. The molecule has 0 aliphatic rings. The second-order valence-electron chi connectivity index (χ2n) is 5.43. The molecule has 4 nitrogen and oxygen atoms in total. The summed E-state index contributed by atoms with van der Waals surface area (Å²) in [5, 5.41) is 6.88. The van der Waals surface area contributed by atoms with Crippen molar-refractivity contribution in [1.82, 2.24) is 9.78 Å². The van der Waals surface area contributed by atoms with Gasteiger partial charge in [-0.05, 0) is 31.0 Å². The van der Waals surface area contributed by atoms with Gasteiger partial charge in [-0.1, -0.05) is 13.8 Å². The summed E-state index contributed by atoms with van der Waals surface area (Å²) in [6, 6.07) is 4.36. The van der Waals surface area contributed by atoms with E-state index in [0.717, 1.165) is 41.6 Å². The van der Waals surface area contributed by atoms with E-state index in [0.29, 0.717) is 0 Å². The molecule has 2 heterocycles. The van der Waals surface area contributed by atoms with Crippen LogP contribution in [0.1, 0.15) is 32.1 Å². The van der Waals surface area contributed by atoms with Gasteiger partial charge in [0.25, 0.3) is 0 Å². The van der Waals surface area contributed by atoms with E-state index in [4.69, 9.17) is 10.2 Å². The van der Waals surface area contributed by atoms with Crippen LogP contribution in [0, 0.1) is 0 Å². The second kappa shape index (κ2) is 4.94. The average Bonchev–Trinajstić information content (AvgIpc) is 3.00. The minimum Gasteiger partial charge on any atom is -0.461 e. The van der Waals surface area contributed by atoms with Gasteiger partial charge in [0.05, 0.1) is 18.3 Å². The lowest BCUT2D eigenvalue weighted by Crippen LogP contribution is -2.22. The van der Waals surface area contributed by atoms with Crippen LogP contribution in [0.5, 0.6) is 0 Å². The molecule has 3 aromatic rings. The number of nitrogens with two attached hydrogens (primary N) is 1. The fraction of sp³-hybridized carbons (Fsp3) is 0.438. The van der Waals surface area contributed by atoms with Gasteiger partial charge in [0.1, 0.15) is 11.3 Å². The van der Waals surface area contributed by atoms with Crippen molar-refractivity contribution >= 4 is 21.9 Å². The van der Waals surface area contributed by atoms with Crippen molar-refractivity contribution in [3.8, 4) is 0 Å². The summed E-state index contributed by atoms with van der Waals surface area (Å²) in [7, 11) is 0. The molecule has 0 aliphatic carbocycles. The van der Waals surface area contributed by atoms with Crippen molar-refractivity contribution in [1.29, 1.82) is 0 Å². The lowest BCUT2D eigenvalue weighted by molar-refractivity contribution is 0.552. The lowest BCUT2D eigenvalue weighted by Gasteiger charge is -2.08. The second-order valence-corrected chi connectivity index (χ2v) is 5.43. The van der Waals surface area contributed by atoms with Crippen molar-refractivity contribution in [2.24, 2.45) is 5.73 Å². The Morgan fingerprint density at radius 3 is 2.70 bits per heavy atom. The highest BCUT2D eigenvalue weighted by atomic mass is 16.3. The van der Waals surface area contributed by atoms with E-state index in [2.05, 4.69) is 31.1 Å². The largest absolute Gasteiger partial charge is 0.461 e. The maximum absolute atomic E-state index is 5.94. The van der Waals surface area contributed by atoms with Crippen molar-refractivity contribution in [3.05, 3.63) is 29.7 Å². The summed E-state index contributed by atoms with van der Waals surface area (Å²) in [5.74, 6) is 1.02. The molecule has 20 heavy (non-hydrogen) atoms. The van der Waals surface area contributed by atoms with Crippen LogP contribution < -0.4 is 5.73 Å². The first-order valence-electron chi connectivity index (χ1n) is 7.29. The van der Waals surface area contributed by atoms with Gasteiger partial charge in [-0.3, -0.25) is 4.68 Å². The Kier molecular flexibility index (Phi) is 3.26. The molecule has 0 unspecified atom stereocenters. The highest BCUT2D eigenvalue weighted by Crippen LogP contribution is 2.31. The van der Waals surface area contributed by atoms with Crippen molar-refractivity contribution in [3.63, 3.8) is 0 Å². The Balaban J connectivity index is 2.35. The van der Waals surface area contributed by atoms with Crippen LogP contribution in [-0.2, 0) is 19.4 Å². The number of hydrogen-bond donors (Lipinski definition) is 1. The molecule has 1 atom stereocenters. The van der Waals surface area contributed by atoms with Crippen molar-refractivity contribution in [2.75, 3.05) is 0 Å². The molecule has 0 spiro atoms. The zero-order valence-corrected chi connectivity index (χ0v) is 12.3. The third-order valence-corrected chi connectivity index (χ3v) is 3.75. The number of benzene rings is 1. The molecule has 0 fully saturated rings. The monoisotopic (exact) mass is 271 g/mol. The van der Waals surface area contributed by atoms with Crippen LogP contribution in [0.3, 0.4) is 0 Å². The van der Waals surface area contributed by atoms with Gasteiger partial charge in [0.15, 0.2) is 0 Å². The first-order valence-corrected chi connectivity index (χ1v) is 7.29. The van der Waals surface area contributed by atoms with Crippen LogP contribution in [0.25, 0.3) is 21.9 Å². The van der Waals surface area contributed by atoms with Gasteiger partial charge in [0.2, 0.25) is 0 Å². The summed E-state index contributed by atoms with van der Waals surface area (Å²) >= 11 is 0. The molecule has 0 saturated carbocycles. The SMILES string of the molecule is CCc1cc2c(cc(CC)c3cnn(C[C@H](C)N)c32)o1. The van der Waals surface area contributed by atoms with Crippen molar-refractivity contribution < 1.29 is 4.42 Å². The number of furan rings is 1. The predicted molar refractivity (Wildman–Crippen MR) is 81.9 cm³/mol. The lowest BCUT2D eigenvalue weighted by atomic mass is 10.1. The maximum atomic E-state index is 5.94. The molecule has 0 bridgehead atoms. The zero-order valence-electron chi connectivity index (χ0n) is 12.3. The Hall–Kier alpha value is -1.81. The van der Waals surface area contributed by atoms with E-state index in [-0.39, 0.29) is 6.04 Å². The first kappa shape index (κ1) is 13.2. The Labute approximate surface area is 118 Å². The summed E-state index contributed by atoms with van der Waals surface area (Å²) in [6.07, 6.45) is 3.83. The van der Waals surface area contributed by atoms with E-state index in [1.165, 1.54) is 10.9 Å². The Morgan fingerprint density at radius 1 is 1.25 bits per heavy atom. The summed E-state index contributed by atoms with van der Waals surface area (Å²) in [6.45, 7) is 6.99. The van der Waals surface area contributed by atoms with Gasteiger partial charge in [-0.15, -0.1) is 0 Å². The number of hydrogen-bond acceptors (Lipinski definition) is 3. The van der Waals surface area contributed by atoms with Crippen LogP contribution in [0.15, 0.2) is 22.7 Å². The summed E-state index contributed by atoms with van der Waals surface area (Å²) in [4.78, 5) is 0. The summed E-state index contributed by atoms with van der Waals surface area (Å²) < 4.78 is 7.94. The molecule has 3 rings (SSSR count). The molecule has 0 aliphatic heterocycles. The molecule has 2 aromatic heterocycles. The van der Waals surface area contributed by atoms with E-state index in [1.807, 2.05) is 17.8 Å². The third kappa shape index (κ3) is 2.00. The number of aromatic nitrogens is 2. The van der Waals surface area contributed by atoms with Gasteiger partial charge in [-0.2, -0.15) is 5.10 Å². The number of fused-ring (bicyclic) bond motifs is 3. The highest BCUT2D eigenvalue weighted by molar-refractivity contribution is 6.05. The van der Waals surface area contributed by atoms with Crippen LogP contribution in [0.2, 0.25) is 0 Å². The van der Waals surface area contributed by atoms with Crippen LogP contribution in [-0.4, -0.2) is 15.8 Å². The van der Waals surface area contributed by atoms with E-state index >= 15 is 0 Å². The molecule has 0 amide bonds. The molecular weight excluding hydrogens is 250 g/mol. The maximum Gasteiger partial charge on any atom is 0.136 e. The van der Waals surface area contributed by atoms with Gasteiger partial charge in [0, 0.05) is 23.2 Å². The molecule has 0 radical (unpaired) electrons. The quantitative estimate of drug-likeness (QED) is 0.792. The standard InChI is InChI=1S/C16H21N3O/c1-4-11-6-15-13(7-12(5-2)20-15)16-14(11)8-18-19(16)9-10(3)17/h6-8,10H,4-5,9,17H2,1-3H3/t10-/m0/s1. The smallest absolute Gasteiger partial charge is 0.136 e. The molecule has 106 valence electrons. The molecule has 4 heteroatoms. The minimum absolute atomic E-state index is 0.0796. The average molecular weight is 271 g/mol. The fourth-order valence-corrected chi connectivity index (χ4v) is 2.77. The minimum atomic E-state index is 0.0796. The number of aryl methyl sites for hydroxylation is 2. The zero-order chi connectivity index (χ0) is 14.3. The number of nitrogens with zero attached hydrogens (tertiary/aromatic N) is 2. The molecular formula is C16H21N3O. The normalized spacial score (nSPS) is 13.4. The van der Waals surface area contributed by atoms with E-state index in [9.17, 15) is 0 Å². The van der Waals surface area contributed by atoms with Gasteiger partial charge in [-0.25, -0.2) is 0 Å². The van der Waals surface area contributed by atoms with E-state index < -0.39 is 0 Å².